The summed E-state index contributed by atoms with van der Waals surface area (Å²) in [6.07, 6.45) is 0. The summed E-state index contributed by atoms with van der Waals surface area (Å²) in [5.41, 5.74) is 0.312. The number of carbonyl (C=O) groups is 2. The highest BCUT2D eigenvalue weighted by atomic mass is 16.5. The van der Waals surface area contributed by atoms with E-state index < -0.39 is 24.6 Å². The zero-order valence-corrected chi connectivity index (χ0v) is 11.0. The molecule has 1 aromatic carbocycles. The van der Waals surface area contributed by atoms with Crippen LogP contribution in [0.1, 0.15) is 0 Å². The molecule has 0 unspecified atom stereocenters. The zero-order valence-electron chi connectivity index (χ0n) is 11.0. The molecule has 4 N–H and O–H groups in total. The number of aliphatic carboxylic acids is 1. The van der Waals surface area contributed by atoms with Crippen molar-refractivity contribution in [1.29, 1.82) is 0 Å². The summed E-state index contributed by atoms with van der Waals surface area (Å²) in [6, 6.07) is 2.60. The van der Waals surface area contributed by atoms with E-state index in [1.807, 2.05) is 0 Å². The number of amides is 2. The second-order valence-electron chi connectivity index (χ2n) is 3.74. The van der Waals surface area contributed by atoms with Crippen molar-refractivity contribution in [2.75, 3.05) is 26.1 Å². The molecule has 0 aliphatic carbocycles. The molecule has 1 rings (SSSR count). The number of hydrogen-bond acceptors (Lipinski definition) is 5. The van der Waals surface area contributed by atoms with Crippen LogP contribution in [-0.2, 0) is 4.79 Å². The van der Waals surface area contributed by atoms with E-state index in [-0.39, 0.29) is 0 Å². The van der Waals surface area contributed by atoms with Crippen molar-refractivity contribution in [3.63, 3.8) is 0 Å². The Morgan fingerprint density at radius 1 is 1.30 bits per heavy atom. The fourth-order valence-corrected chi connectivity index (χ4v) is 1.41. The quantitative estimate of drug-likeness (QED) is 0.595. The van der Waals surface area contributed by atoms with Gasteiger partial charge in [-0.15, -0.1) is 0 Å². The van der Waals surface area contributed by atoms with Gasteiger partial charge in [-0.1, -0.05) is 0 Å². The maximum atomic E-state index is 11.7. The maximum Gasteiger partial charge on any atom is 0.328 e. The van der Waals surface area contributed by atoms with Crippen molar-refractivity contribution in [2.24, 2.45) is 0 Å². The molecule has 0 aliphatic heterocycles. The number of carboxylic acid groups (broad SMARTS) is 1. The smallest absolute Gasteiger partial charge is 0.328 e. The number of ether oxygens (including phenoxy) is 2. The van der Waals surface area contributed by atoms with Crippen LogP contribution in [-0.4, -0.2) is 49.1 Å². The van der Waals surface area contributed by atoms with E-state index in [4.69, 9.17) is 19.7 Å². The number of nitrogens with one attached hydrogen (secondary N) is 2. The number of aliphatic hydroxyl groups is 1. The maximum absolute atomic E-state index is 11.7. The molecule has 0 aromatic heterocycles. The molecule has 8 heteroatoms. The molecule has 0 heterocycles. The molecule has 0 aliphatic rings. The summed E-state index contributed by atoms with van der Waals surface area (Å²) in [7, 11) is 2.90. The first kappa shape index (κ1) is 15.6. The van der Waals surface area contributed by atoms with Crippen molar-refractivity contribution >= 4 is 17.7 Å². The molecule has 0 saturated carbocycles. The van der Waals surface area contributed by atoms with Gasteiger partial charge in [0.05, 0.1) is 26.5 Å². The lowest BCUT2D eigenvalue weighted by atomic mass is 10.2. The van der Waals surface area contributed by atoms with E-state index in [2.05, 4.69) is 10.6 Å². The standard InChI is InChI=1S/C12H16N2O6/c1-19-7-3-4-10(20-2)8(5-7)13-12(18)14-9(6-15)11(16)17/h3-5,9,15H,6H2,1-2H3,(H,16,17)(H2,13,14,18)/t9-/m0/s1. The molecule has 0 radical (unpaired) electrons. The summed E-state index contributed by atoms with van der Waals surface area (Å²) >= 11 is 0. The average molecular weight is 284 g/mol. The lowest BCUT2D eigenvalue weighted by molar-refractivity contribution is -0.140. The van der Waals surface area contributed by atoms with Gasteiger partial charge in [-0.3, -0.25) is 0 Å². The predicted octanol–water partition coefficient (Wildman–Crippen LogP) is 0.271. The van der Waals surface area contributed by atoms with Crippen LogP contribution in [0.2, 0.25) is 0 Å². The van der Waals surface area contributed by atoms with E-state index >= 15 is 0 Å². The Hall–Kier alpha value is -2.48. The molecule has 8 nitrogen and oxygen atoms in total. The third-order valence-corrected chi connectivity index (χ3v) is 2.44. The molecule has 2 amide bonds. The Bertz CT molecular complexity index is 491. The third kappa shape index (κ3) is 4.02. The fourth-order valence-electron chi connectivity index (χ4n) is 1.41. The molecule has 20 heavy (non-hydrogen) atoms. The van der Waals surface area contributed by atoms with E-state index in [0.717, 1.165) is 0 Å². The highest BCUT2D eigenvalue weighted by Gasteiger charge is 2.19. The van der Waals surface area contributed by atoms with E-state index in [1.165, 1.54) is 20.3 Å². The number of hydrogen-bond donors (Lipinski definition) is 4. The Labute approximate surface area is 115 Å². The van der Waals surface area contributed by atoms with Crippen LogP contribution in [0.15, 0.2) is 18.2 Å². The van der Waals surface area contributed by atoms with Gasteiger partial charge in [0, 0.05) is 6.07 Å². The monoisotopic (exact) mass is 284 g/mol. The molecule has 1 aromatic rings. The van der Waals surface area contributed by atoms with Crippen molar-refractivity contribution in [1.82, 2.24) is 5.32 Å². The molecule has 0 spiro atoms. The van der Waals surface area contributed by atoms with Crippen LogP contribution < -0.4 is 20.1 Å². The summed E-state index contributed by atoms with van der Waals surface area (Å²) in [5.74, 6) is -0.449. The fraction of sp³-hybridized carbons (Fsp3) is 0.333. The van der Waals surface area contributed by atoms with E-state index in [1.54, 1.807) is 12.1 Å². The van der Waals surface area contributed by atoms with Crippen molar-refractivity contribution in [3.8, 4) is 11.5 Å². The van der Waals surface area contributed by atoms with Crippen LogP contribution in [0.5, 0.6) is 11.5 Å². The lowest BCUT2D eigenvalue weighted by Crippen LogP contribution is -2.45. The van der Waals surface area contributed by atoms with Crippen molar-refractivity contribution < 1.29 is 29.3 Å². The average Bonchev–Trinajstić information content (AvgIpc) is 2.44. The second-order valence-corrected chi connectivity index (χ2v) is 3.74. The first-order valence-electron chi connectivity index (χ1n) is 5.65. The minimum atomic E-state index is -1.38. The van der Waals surface area contributed by atoms with Gasteiger partial charge in [0.2, 0.25) is 0 Å². The van der Waals surface area contributed by atoms with Crippen LogP contribution in [0.3, 0.4) is 0 Å². The lowest BCUT2D eigenvalue weighted by Gasteiger charge is -2.15. The van der Waals surface area contributed by atoms with Crippen LogP contribution in [0.4, 0.5) is 10.5 Å². The second kappa shape index (κ2) is 7.19. The Morgan fingerprint density at radius 2 is 2.00 bits per heavy atom. The van der Waals surface area contributed by atoms with Gasteiger partial charge in [-0.25, -0.2) is 9.59 Å². The number of methoxy groups -OCH3 is 2. The van der Waals surface area contributed by atoms with Crippen LogP contribution in [0.25, 0.3) is 0 Å². The van der Waals surface area contributed by atoms with Gasteiger partial charge in [-0.2, -0.15) is 0 Å². The molecule has 0 saturated heterocycles. The van der Waals surface area contributed by atoms with E-state index in [0.29, 0.717) is 17.2 Å². The number of anilines is 1. The molecule has 1 atom stereocenters. The largest absolute Gasteiger partial charge is 0.497 e. The molecule has 0 fully saturated rings. The number of aliphatic hydroxyl groups excluding tert-OH is 1. The van der Waals surface area contributed by atoms with E-state index in [9.17, 15) is 9.59 Å². The first-order chi connectivity index (χ1) is 9.51. The van der Waals surface area contributed by atoms with Gasteiger partial charge < -0.3 is 30.3 Å². The van der Waals surface area contributed by atoms with Crippen LogP contribution >= 0.6 is 0 Å². The molecular weight excluding hydrogens is 268 g/mol. The summed E-state index contributed by atoms with van der Waals surface area (Å²) in [6.45, 7) is -0.710. The highest BCUT2D eigenvalue weighted by molar-refractivity contribution is 5.93. The SMILES string of the molecule is COc1ccc(OC)c(NC(=O)N[C@@H](CO)C(=O)O)c1. The van der Waals surface area contributed by atoms with Crippen molar-refractivity contribution in [3.05, 3.63) is 18.2 Å². The Balaban J connectivity index is 2.81. The first-order valence-corrected chi connectivity index (χ1v) is 5.65. The number of rotatable bonds is 6. The number of carboxylic acids is 1. The molecule has 0 bridgehead atoms. The summed E-state index contributed by atoms with van der Waals surface area (Å²) < 4.78 is 10.1. The Kier molecular flexibility index (Phi) is 5.60. The number of urea groups is 1. The zero-order chi connectivity index (χ0) is 15.1. The highest BCUT2D eigenvalue weighted by Crippen LogP contribution is 2.28. The normalized spacial score (nSPS) is 11.3. The predicted molar refractivity (Wildman–Crippen MR) is 70.2 cm³/mol. The van der Waals surface area contributed by atoms with Gasteiger partial charge in [0.15, 0.2) is 6.04 Å². The number of benzene rings is 1. The van der Waals surface area contributed by atoms with Gasteiger partial charge in [0.1, 0.15) is 11.5 Å². The van der Waals surface area contributed by atoms with Gasteiger partial charge in [-0.05, 0) is 12.1 Å². The van der Waals surface area contributed by atoms with Gasteiger partial charge >= 0.3 is 12.0 Å². The topological polar surface area (TPSA) is 117 Å². The van der Waals surface area contributed by atoms with Crippen molar-refractivity contribution in [2.45, 2.75) is 6.04 Å². The molecular formula is C12H16N2O6. The summed E-state index contributed by atoms with van der Waals surface area (Å²) in [4.78, 5) is 22.4. The Morgan fingerprint density at radius 3 is 2.50 bits per heavy atom. The minimum absolute atomic E-state index is 0.312. The third-order valence-electron chi connectivity index (χ3n) is 2.44. The summed E-state index contributed by atoms with van der Waals surface area (Å²) in [5, 5.41) is 22.1. The number of carbonyl (C=O) groups excluding carboxylic acids is 1. The van der Waals surface area contributed by atoms with Crippen LogP contribution in [0, 0.1) is 0 Å². The van der Waals surface area contributed by atoms with Gasteiger partial charge in [0.25, 0.3) is 0 Å². The molecule has 110 valence electrons. The minimum Gasteiger partial charge on any atom is -0.497 e.